The monoisotopic (exact) mass is 267 g/mol. The fourth-order valence-corrected chi connectivity index (χ4v) is 2.06. The predicted octanol–water partition coefficient (Wildman–Crippen LogP) is 2.40. The van der Waals surface area contributed by atoms with Gasteiger partial charge in [0.25, 0.3) is 0 Å². The van der Waals surface area contributed by atoms with E-state index in [1.54, 1.807) is 0 Å². The van der Waals surface area contributed by atoms with Crippen LogP contribution in [0.3, 0.4) is 0 Å². The number of rotatable bonds is 3. The molecule has 0 aromatic rings. The van der Waals surface area contributed by atoms with Crippen LogP contribution in [0.1, 0.15) is 20.3 Å². The van der Waals surface area contributed by atoms with Crippen LogP contribution in [-0.2, 0) is 0 Å². The quantitative estimate of drug-likeness (QED) is 0.560. The Morgan fingerprint density at radius 1 is 1.27 bits per heavy atom. The largest absolute Gasteiger partial charge is 0.303 e. The summed E-state index contributed by atoms with van der Waals surface area (Å²) >= 11 is 2.46. The van der Waals surface area contributed by atoms with Gasteiger partial charge in [0.1, 0.15) is 0 Å². The summed E-state index contributed by atoms with van der Waals surface area (Å²) in [5.74, 6) is 1.84. The van der Waals surface area contributed by atoms with Crippen LogP contribution in [0.2, 0.25) is 0 Å². The fourth-order valence-electron chi connectivity index (χ4n) is 1.71. The first-order valence-corrected chi connectivity index (χ1v) is 6.05. The number of halogens is 1. The smallest absolute Gasteiger partial charge is 0.00102 e. The number of alkyl halides is 1. The van der Waals surface area contributed by atoms with Crippen molar-refractivity contribution in [2.24, 2.45) is 11.8 Å². The molecule has 1 aliphatic rings. The first kappa shape index (κ1) is 9.78. The summed E-state index contributed by atoms with van der Waals surface area (Å²) < 4.78 is 1.30. The van der Waals surface area contributed by atoms with Crippen molar-refractivity contribution in [2.75, 3.05) is 24.1 Å². The van der Waals surface area contributed by atoms with Gasteiger partial charge in [0.2, 0.25) is 0 Å². The molecule has 11 heavy (non-hydrogen) atoms. The maximum atomic E-state index is 2.61. The van der Waals surface area contributed by atoms with E-state index in [4.69, 9.17) is 0 Å². The van der Waals surface area contributed by atoms with Crippen molar-refractivity contribution in [3.8, 4) is 0 Å². The van der Waals surface area contributed by atoms with Gasteiger partial charge in [0.15, 0.2) is 0 Å². The second-order valence-corrected chi connectivity index (χ2v) is 4.84. The highest BCUT2D eigenvalue weighted by atomic mass is 127. The van der Waals surface area contributed by atoms with Crippen molar-refractivity contribution in [1.82, 2.24) is 4.90 Å². The standard InChI is InChI=1S/C9H18IN/c1-8-6-11(5-3-4-10)7-9(8)2/h8-9H,3-7H2,1-2H3. The Morgan fingerprint density at radius 2 is 1.82 bits per heavy atom. The second kappa shape index (κ2) is 4.65. The molecule has 0 bridgehead atoms. The molecule has 0 radical (unpaired) electrons. The minimum absolute atomic E-state index is 0.921. The Bertz CT molecular complexity index is 106. The van der Waals surface area contributed by atoms with Crippen molar-refractivity contribution in [3.63, 3.8) is 0 Å². The van der Waals surface area contributed by atoms with E-state index in [-0.39, 0.29) is 0 Å². The molecule has 2 atom stereocenters. The highest BCUT2D eigenvalue weighted by Gasteiger charge is 2.24. The van der Waals surface area contributed by atoms with Gasteiger partial charge < -0.3 is 4.90 Å². The maximum absolute atomic E-state index is 2.61. The summed E-state index contributed by atoms with van der Waals surface area (Å²) in [4.78, 5) is 2.61. The highest BCUT2D eigenvalue weighted by Crippen LogP contribution is 2.21. The van der Waals surface area contributed by atoms with Gasteiger partial charge in [0.05, 0.1) is 0 Å². The van der Waals surface area contributed by atoms with E-state index in [0.29, 0.717) is 0 Å². The van der Waals surface area contributed by atoms with Gasteiger partial charge in [-0.25, -0.2) is 0 Å². The zero-order chi connectivity index (χ0) is 8.27. The zero-order valence-corrected chi connectivity index (χ0v) is 9.67. The van der Waals surface area contributed by atoms with E-state index in [2.05, 4.69) is 41.3 Å². The Labute approximate surface area is 83.7 Å². The molecule has 1 saturated heterocycles. The summed E-state index contributed by atoms with van der Waals surface area (Å²) in [5, 5.41) is 0. The third-order valence-electron chi connectivity index (χ3n) is 2.67. The molecule has 1 fully saturated rings. The lowest BCUT2D eigenvalue weighted by molar-refractivity contribution is 0.326. The van der Waals surface area contributed by atoms with Gasteiger partial charge in [-0.05, 0) is 24.8 Å². The summed E-state index contributed by atoms with van der Waals surface area (Å²) in [5.41, 5.74) is 0. The SMILES string of the molecule is CC1CN(CCCI)CC1C. The first-order chi connectivity index (χ1) is 5.24. The molecule has 0 saturated carbocycles. The summed E-state index contributed by atoms with van der Waals surface area (Å²) in [6, 6.07) is 0. The van der Waals surface area contributed by atoms with Crippen molar-refractivity contribution >= 4 is 22.6 Å². The molecule has 66 valence electrons. The van der Waals surface area contributed by atoms with E-state index in [0.717, 1.165) is 11.8 Å². The van der Waals surface area contributed by atoms with Crippen LogP contribution < -0.4 is 0 Å². The fraction of sp³-hybridized carbons (Fsp3) is 1.00. The Morgan fingerprint density at radius 3 is 2.27 bits per heavy atom. The lowest BCUT2D eigenvalue weighted by Crippen LogP contribution is -2.22. The Balaban J connectivity index is 2.18. The molecule has 2 unspecified atom stereocenters. The molecule has 1 nitrogen and oxygen atoms in total. The molecule has 0 spiro atoms. The molecule has 0 N–H and O–H groups in total. The number of nitrogens with zero attached hydrogens (tertiary/aromatic N) is 1. The van der Waals surface area contributed by atoms with Gasteiger partial charge in [-0.2, -0.15) is 0 Å². The van der Waals surface area contributed by atoms with Crippen LogP contribution >= 0.6 is 22.6 Å². The maximum Gasteiger partial charge on any atom is 0.00102 e. The second-order valence-electron chi connectivity index (χ2n) is 3.76. The molecule has 2 heteroatoms. The minimum Gasteiger partial charge on any atom is -0.303 e. The number of hydrogen-bond donors (Lipinski definition) is 0. The van der Waals surface area contributed by atoms with Crippen LogP contribution in [0, 0.1) is 11.8 Å². The average Bonchev–Trinajstić information content (AvgIpc) is 2.28. The third kappa shape index (κ3) is 2.90. The molecule has 0 aromatic carbocycles. The van der Waals surface area contributed by atoms with E-state index in [1.165, 1.54) is 30.5 Å². The normalized spacial score (nSPS) is 33.0. The predicted molar refractivity (Wildman–Crippen MR) is 58.3 cm³/mol. The van der Waals surface area contributed by atoms with E-state index in [1.807, 2.05) is 0 Å². The molecule has 0 aliphatic carbocycles. The molecular weight excluding hydrogens is 249 g/mol. The summed E-state index contributed by atoms with van der Waals surface area (Å²) in [6.07, 6.45) is 1.36. The van der Waals surface area contributed by atoms with Crippen LogP contribution in [0.5, 0.6) is 0 Å². The van der Waals surface area contributed by atoms with Gasteiger partial charge >= 0.3 is 0 Å². The minimum atomic E-state index is 0.921. The first-order valence-electron chi connectivity index (χ1n) is 4.52. The van der Waals surface area contributed by atoms with Crippen molar-refractivity contribution in [3.05, 3.63) is 0 Å². The molecule has 1 aliphatic heterocycles. The van der Waals surface area contributed by atoms with Crippen LogP contribution in [0.4, 0.5) is 0 Å². The Kier molecular flexibility index (Phi) is 4.13. The van der Waals surface area contributed by atoms with E-state index >= 15 is 0 Å². The van der Waals surface area contributed by atoms with Gasteiger partial charge in [0, 0.05) is 17.5 Å². The molecule has 1 heterocycles. The lowest BCUT2D eigenvalue weighted by Gasteiger charge is -2.13. The van der Waals surface area contributed by atoms with Crippen molar-refractivity contribution in [1.29, 1.82) is 0 Å². The summed E-state index contributed by atoms with van der Waals surface area (Å²) in [6.45, 7) is 8.72. The molecule has 0 aromatic heterocycles. The molecule has 0 amide bonds. The van der Waals surface area contributed by atoms with E-state index in [9.17, 15) is 0 Å². The highest BCUT2D eigenvalue weighted by molar-refractivity contribution is 14.1. The topological polar surface area (TPSA) is 3.24 Å². The molecule has 1 rings (SSSR count). The van der Waals surface area contributed by atoms with Crippen LogP contribution in [0.25, 0.3) is 0 Å². The van der Waals surface area contributed by atoms with Gasteiger partial charge in [-0.3, -0.25) is 0 Å². The summed E-state index contributed by atoms with van der Waals surface area (Å²) in [7, 11) is 0. The van der Waals surface area contributed by atoms with Crippen molar-refractivity contribution in [2.45, 2.75) is 20.3 Å². The van der Waals surface area contributed by atoms with E-state index < -0.39 is 0 Å². The number of likely N-dealkylation sites (tertiary alicyclic amines) is 1. The third-order valence-corrected chi connectivity index (χ3v) is 3.43. The zero-order valence-electron chi connectivity index (χ0n) is 7.52. The van der Waals surface area contributed by atoms with Crippen LogP contribution in [-0.4, -0.2) is 29.0 Å². The van der Waals surface area contributed by atoms with Crippen molar-refractivity contribution < 1.29 is 0 Å². The van der Waals surface area contributed by atoms with Crippen LogP contribution in [0.15, 0.2) is 0 Å². The van der Waals surface area contributed by atoms with Gasteiger partial charge in [-0.15, -0.1) is 0 Å². The molecular formula is C9H18IN. The lowest BCUT2D eigenvalue weighted by atomic mass is 10.0. The van der Waals surface area contributed by atoms with Gasteiger partial charge in [-0.1, -0.05) is 36.4 Å². The Hall–Kier alpha value is 0.690. The number of hydrogen-bond acceptors (Lipinski definition) is 1. The average molecular weight is 267 g/mol.